The van der Waals surface area contributed by atoms with Crippen molar-refractivity contribution in [1.82, 2.24) is 4.98 Å². The summed E-state index contributed by atoms with van der Waals surface area (Å²) in [5.41, 5.74) is 3.28. The summed E-state index contributed by atoms with van der Waals surface area (Å²) < 4.78 is 5.62. The van der Waals surface area contributed by atoms with Gasteiger partial charge < -0.3 is 9.73 Å². The van der Waals surface area contributed by atoms with Crippen molar-refractivity contribution < 1.29 is 4.42 Å². The topological polar surface area (TPSA) is 38.1 Å². The van der Waals surface area contributed by atoms with Crippen LogP contribution in [0.15, 0.2) is 77.2 Å². The minimum atomic E-state index is 0.612. The van der Waals surface area contributed by atoms with Crippen molar-refractivity contribution >= 4 is 28.9 Å². The van der Waals surface area contributed by atoms with Gasteiger partial charge in [-0.05, 0) is 42.3 Å². The lowest BCUT2D eigenvalue weighted by Crippen LogP contribution is -2.01. The lowest BCUT2D eigenvalue weighted by molar-refractivity contribution is 0.490. The summed E-state index contributed by atoms with van der Waals surface area (Å²) in [7, 11) is 0. The van der Waals surface area contributed by atoms with E-state index in [0.717, 1.165) is 33.8 Å². The fourth-order valence-electron chi connectivity index (χ4n) is 2.94. The molecule has 0 atom stereocenters. The van der Waals surface area contributed by atoms with Gasteiger partial charge in [0.1, 0.15) is 17.3 Å². The van der Waals surface area contributed by atoms with Crippen LogP contribution in [0.5, 0.6) is 0 Å². The number of rotatable bonds is 5. The van der Waals surface area contributed by atoms with Gasteiger partial charge in [0.15, 0.2) is 0 Å². The molecule has 26 heavy (non-hydrogen) atoms. The van der Waals surface area contributed by atoms with Gasteiger partial charge in [-0.25, -0.2) is 4.98 Å². The number of hydrogen-bond acceptors (Lipinski definition) is 3. The maximum atomic E-state index is 5.62. The predicted octanol–water partition coefficient (Wildman–Crippen LogP) is 5.92. The first-order valence-corrected chi connectivity index (χ1v) is 8.70. The fraction of sp³-hybridized carbons (Fsp3) is 0.0870. The Balaban J connectivity index is 1.65. The largest absolute Gasteiger partial charge is 0.465 e. The molecule has 3 heteroatoms. The highest BCUT2D eigenvalue weighted by atomic mass is 16.3. The number of furan rings is 1. The third-order valence-corrected chi connectivity index (χ3v) is 4.24. The Kier molecular flexibility index (Phi) is 4.52. The van der Waals surface area contributed by atoms with Gasteiger partial charge in [0.2, 0.25) is 0 Å². The van der Waals surface area contributed by atoms with Gasteiger partial charge >= 0.3 is 0 Å². The van der Waals surface area contributed by atoms with Crippen molar-refractivity contribution in [3.63, 3.8) is 0 Å². The number of hydrogen-bond donors (Lipinski definition) is 1. The third-order valence-electron chi connectivity index (χ3n) is 4.24. The Morgan fingerprint density at radius 2 is 1.73 bits per heavy atom. The molecule has 4 rings (SSSR count). The Morgan fingerprint density at radius 1 is 0.923 bits per heavy atom. The molecule has 0 bridgehead atoms. The summed E-state index contributed by atoms with van der Waals surface area (Å²) in [6, 6.07) is 24.5. The van der Waals surface area contributed by atoms with Crippen LogP contribution in [0.2, 0.25) is 0 Å². The number of anilines is 1. The van der Waals surface area contributed by atoms with Crippen molar-refractivity contribution in [3.8, 4) is 0 Å². The molecule has 0 aliphatic heterocycles. The van der Waals surface area contributed by atoms with E-state index in [2.05, 4.69) is 41.7 Å². The van der Waals surface area contributed by atoms with Gasteiger partial charge in [-0.3, -0.25) is 0 Å². The summed E-state index contributed by atoms with van der Waals surface area (Å²) in [6.07, 6.45) is 4.27. The van der Waals surface area contributed by atoms with E-state index in [1.807, 2.05) is 55.5 Å². The highest BCUT2D eigenvalue weighted by molar-refractivity contribution is 5.92. The van der Waals surface area contributed by atoms with E-state index in [4.69, 9.17) is 9.40 Å². The Hall–Kier alpha value is -3.33. The van der Waals surface area contributed by atoms with Crippen molar-refractivity contribution in [1.29, 1.82) is 0 Å². The zero-order valence-corrected chi connectivity index (χ0v) is 14.6. The van der Waals surface area contributed by atoms with Crippen LogP contribution in [0.25, 0.3) is 23.1 Å². The van der Waals surface area contributed by atoms with Crippen LogP contribution in [0, 0.1) is 6.92 Å². The van der Waals surface area contributed by atoms with Crippen LogP contribution in [0.3, 0.4) is 0 Å². The smallest absolute Gasteiger partial charge is 0.127 e. The second kappa shape index (κ2) is 7.28. The number of aromatic nitrogens is 1. The predicted molar refractivity (Wildman–Crippen MR) is 108 cm³/mol. The molecular formula is C23H20N2O. The summed E-state index contributed by atoms with van der Waals surface area (Å²) in [6.45, 7) is 2.56. The van der Waals surface area contributed by atoms with E-state index in [1.54, 1.807) is 0 Å². The molecule has 0 amide bonds. The molecule has 2 heterocycles. The molecule has 2 aromatic carbocycles. The fourth-order valence-corrected chi connectivity index (χ4v) is 2.94. The van der Waals surface area contributed by atoms with Crippen LogP contribution in [-0.2, 0) is 6.54 Å². The standard InChI is InChI=1S/C23H20N2O/c1-17-11-14-20(26-17)16-24-23-15-19(13-12-18-7-3-2-4-8-18)21-9-5-6-10-22(21)25-23/h2-15H,16H2,1H3,(H,24,25). The SMILES string of the molecule is Cc1ccc(CNc2cc(C=Cc3ccccc3)c3ccccc3n2)o1. The molecule has 4 aromatic rings. The lowest BCUT2D eigenvalue weighted by Gasteiger charge is -2.08. The Labute approximate surface area is 153 Å². The van der Waals surface area contributed by atoms with E-state index >= 15 is 0 Å². The number of nitrogens with one attached hydrogen (secondary N) is 1. The molecule has 0 radical (unpaired) electrons. The van der Waals surface area contributed by atoms with E-state index in [9.17, 15) is 0 Å². The molecule has 0 fully saturated rings. The normalized spacial score (nSPS) is 11.3. The average Bonchev–Trinajstić information content (AvgIpc) is 3.10. The van der Waals surface area contributed by atoms with Gasteiger partial charge in [0.25, 0.3) is 0 Å². The number of pyridine rings is 1. The minimum Gasteiger partial charge on any atom is -0.465 e. The van der Waals surface area contributed by atoms with E-state index < -0.39 is 0 Å². The molecular weight excluding hydrogens is 320 g/mol. The number of para-hydroxylation sites is 1. The number of benzene rings is 2. The molecule has 0 aliphatic carbocycles. The molecule has 0 saturated heterocycles. The van der Waals surface area contributed by atoms with Gasteiger partial charge in [-0.2, -0.15) is 0 Å². The molecule has 128 valence electrons. The number of nitrogens with zero attached hydrogens (tertiary/aromatic N) is 1. The Bertz CT molecular complexity index is 1050. The average molecular weight is 340 g/mol. The van der Waals surface area contributed by atoms with Gasteiger partial charge in [0.05, 0.1) is 12.1 Å². The molecule has 2 aromatic heterocycles. The molecule has 3 nitrogen and oxygen atoms in total. The molecule has 0 spiro atoms. The lowest BCUT2D eigenvalue weighted by atomic mass is 10.1. The summed E-state index contributed by atoms with van der Waals surface area (Å²) in [5, 5.41) is 4.50. The van der Waals surface area contributed by atoms with E-state index in [1.165, 1.54) is 5.56 Å². The Morgan fingerprint density at radius 3 is 2.54 bits per heavy atom. The molecule has 0 saturated carbocycles. The quantitative estimate of drug-likeness (QED) is 0.490. The van der Waals surface area contributed by atoms with Crippen LogP contribution >= 0.6 is 0 Å². The highest BCUT2D eigenvalue weighted by Gasteiger charge is 2.05. The second-order valence-electron chi connectivity index (χ2n) is 6.22. The van der Waals surface area contributed by atoms with Crippen molar-refractivity contribution in [2.24, 2.45) is 0 Å². The van der Waals surface area contributed by atoms with E-state index in [-0.39, 0.29) is 0 Å². The first-order valence-electron chi connectivity index (χ1n) is 8.70. The van der Waals surface area contributed by atoms with Crippen LogP contribution in [0.4, 0.5) is 5.82 Å². The number of fused-ring (bicyclic) bond motifs is 1. The summed E-state index contributed by atoms with van der Waals surface area (Å²) in [4.78, 5) is 4.73. The minimum absolute atomic E-state index is 0.612. The maximum absolute atomic E-state index is 5.62. The van der Waals surface area contributed by atoms with Gasteiger partial charge in [-0.15, -0.1) is 0 Å². The van der Waals surface area contributed by atoms with Crippen molar-refractivity contribution in [2.45, 2.75) is 13.5 Å². The molecule has 0 unspecified atom stereocenters. The zero-order chi connectivity index (χ0) is 17.8. The third kappa shape index (κ3) is 3.67. The molecule has 0 aliphatic rings. The first kappa shape index (κ1) is 16.2. The first-order chi connectivity index (χ1) is 12.8. The zero-order valence-electron chi connectivity index (χ0n) is 14.6. The monoisotopic (exact) mass is 340 g/mol. The van der Waals surface area contributed by atoms with Gasteiger partial charge in [0, 0.05) is 5.39 Å². The van der Waals surface area contributed by atoms with Gasteiger partial charge in [-0.1, -0.05) is 60.7 Å². The summed E-state index contributed by atoms with van der Waals surface area (Å²) in [5.74, 6) is 2.66. The summed E-state index contributed by atoms with van der Waals surface area (Å²) >= 11 is 0. The van der Waals surface area contributed by atoms with Crippen molar-refractivity contribution in [3.05, 3.63) is 95.4 Å². The van der Waals surface area contributed by atoms with Crippen molar-refractivity contribution in [2.75, 3.05) is 5.32 Å². The number of aryl methyl sites for hydroxylation is 1. The van der Waals surface area contributed by atoms with E-state index in [0.29, 0.717) is 6.54 Å². The highest BCUT2D eigenvalue weighted by Crippen LogP contribution is 2.23. The van der Waals surface area contributed by atoms with Crippen LogP contribution < -0.4 is 5.32 Å². The maximum Gasteiger partial charge on any atom is 0.127 e. The second-order valence-corrected chi connectivity index (χ2v) is 6.22. The van der Waals surface area contributed by atoms with Crippen LogP contribution in [0.1, 0.15) is 22.6 Å². The van der Waals surface area contributed by atoms with Crippen LogP contribution in [-0.4, -0.2) is 4.98 Å². The molecule has 1 N–H and O–H groups in total.